The Kier molecular flexibility index (Phi) is 6.27. The zero-order valence-corrected chi connectivity index (χ0v) is 24.7. The van der Waals surface area contributed by atoms with E-state index < -0.39 is 0 Å². The van der Waals surface area contributed by atoms with Gasteiger partial charge in [0.05, 0.1) is 18.3 Å². The quantitative estimate of drug-likeness (QED) is 0.267. The van der Waals surface area contributed by atoms with Gasteiger partial charge in [-0.15, -0.1) is 0 Å². The molecule has 7 rings (SSSR count). The second kappa shape index (κ2) is 9.76. The van der Waals surface area contributed by atoms with Gasteiger partial charge in [0.25, 0.3) is 5.91 Å². The van der Waals surface area contributed by atoms with Crippen molar-refractivity contribution >= 4 is 33.9 Å². The highest BCUT2D eigenvalue weighted by Crippen LogP contribution is 2.42. The standard InChI is InChI=1S/C34H41N5O2/c1-5-34(19-35)20-39(21(34)2)33(40)26-15-27-31(30(17-26)41-4)37(3)32(36-27)29-16-25-14-23(9-8-22-6-7-22)12-13-28(25)38(29)18-24-10-11-24/h8-9,12-17,21-22,24H,5-7,10-11,18-20,35H2,1-4H3/b9-8+/t21?,34-/m1/s1. The second-order valence-electron chi connectivity index (χ2n) is 12.7. The van der Waals surface area contributed by atoms with E-state index >= 15 is 0 Å². The number of allylic oxidation sites excluding steroid dienone is 1. The lowest BCUT2D eigenvalue weighted by Crippen LogP contribution is -2.67. The van der Waals surface area contributed by atoms with Crippen LogP contribution in [0.4, 0.5) is 0 Å². The number of carbonyl (C=O) groups excluding carboxylic acids is 1. The third-order valence-corrected chi connectivity index (χ3v) is 10.1. The summed E-state index contributed by atoms with van der Waals surface area (Å²) in [6.07, 6.45) is 10.8. The van der Waals surface area contributed by atoms with Crippen molar-refractivity contribution in [3.8, 4) is 17.3 Å². The maximum atomic E-state index is 13.6. The number of carbonyl (C=O) groups is 1. The normalized spacial score (nSPS) is 22.7. The number of benzene rings is 2. The zero-order chi connectivity index (χ0) is 28.5. The van der Waals surface area contributed by atoms with Gasteiger partial charge in [-0.3, -0.25) is 4.79 Å². The molecule has 2 aromatic heterocycles. The van der Waals surface area contributed by atoms with Crippen molar-refractivity contribution in [1.82, 2.24) is 19.0 Å². The predicted molar refractivity (Wildman–Crippen MR) is 165 cm³/mol. The summed E-state index contributed by atoms with van der Waals surface area (Å²) in [5.74, 6) is 3.04. The third-order valence-electron chi connectivity index (χ3n) is 10.1. The molecule has 0 radical (unpaired) electrons. The lowest BCUT2D eigenvalue weighted by molar-refractivity contribution is -0.0403. The van der Waals surface area contributed by atoms with Gasteiger partial charge in [0.1, 0.15) is 11.3 Å². The highest BCUT2D eigenvalue weighted by Gasteiger charge is 2.50. The Bertz CT molecular complexity index is 1680. The topological polar surface area (TPSA) is 78.3 Å². The van der Waals surface area contributed by atoms with E-state index in [0.717, 1.165) is 47.4 Å². The highest BCUT2D eigenvalue weighted by atomic mass is 16.5. The molecule has 3 heterocycles. The van der Waals surface area contributed by atoms with Crippen molar-refractivity contribution in [2.24, 2.45) is 30.0 Å². The third kappa shape index (κ3) is 4.37. The van der Waals surface area contributed by atoms with Gasteiger partial charge in [-0.1, -0.05) is 25.1 Å². The monoisotopic (exact) mass is 551 g/mol. The molecule has 0 spiro atoms. The summed E-state index contributed by atoms with van der Waals surface area (Å²) in [6.45, 7) is 6.54. The maximum Gasteiger partial charge on any atom is 0.254 e. The van der Waals surface area contributed by atoms with Gasteiger partial charge < -0.3 is 24.5 Å². The van der Waals surface area contributed by atoms with E-state index in [1.54, 1.807) is 7.11 Å². The molecule has 1 saturated heterocycles. The summed E-state index contributed by atoms with van der Waals surface area (Å²) in [5.41, 5.74) is 12.0. The Hall–Kier alpha value is -3.58. The highest BCUT2D eigenvalue weighted by molar-refractivity contribution is 6.01. The van der Waals surface area contributed by atoms with Gasteiger partial charge in [-0.2, -0.15) is 0 Å². The molecule has 2 atom stereocenters. The molecule has 0 bridgehead atoms. The first-order valence-electron chi connectivity index (χ1n) is 15.2. The van der Waals surface area contributed by atoms with Crippen LogP contribution < -0.4 is 10.5 Å². The summed E-state index contributed by atoms with van der Waals surface area (Å²) >= 11 is 0. The number of nitrogens with two attached hydrogens (primary N) is 1. The molecule has 1 unspecified atom stereocenters. The second-order valence-corrected chi connectivity index (χ2v) is 12.7. The number of hydrogen-bond acceptors (Lipinski definition) is 4. The first-order chi connectivity index (χ1) is 19.9. The average molecular weight is 552 g/mol. The van der Waals surface area contributed by atoms with Gasteiger partial charge in [0.2, 0.25) is 0 Å². The smallest absolute Gasteiger partial charge is 0.254 e. The van der Waals surface area contributed by atoms with Gasteiger partial charge in [0.15, 0.2) is 5.82 Å². The van der Waals surface area contributed by atoms with Crippen LogP contribution in [-0.4, -0.2) is 51.2 Å². The molecular weight excluding hydrogens is 510 g/mol. The lowest BCUT2D eigenvalue weighted by Gasteiger charge is -2.56. The SMILES string of the molecule is CC[C@@]1(CN)CN(C(=O)c2cc(OC)c3c(c2)nc(-c2cc4cc(/C=C/C5CC5)ccc4n2CC2CC2)n3C)C1C. The van der Waals surface area contributed by atoms with E-state index in [0.29, 0.717) is 24.4 Å². The maximum absolute atomic E-state index is 13.6. The van der Waals surface area contributed by atoms with Crippen LogP contribution >= 0.6 is 0 Å². The van der Waals surface area contributed by atoms with E-state index in [-0.39, 0.29) is 17.4 Å². The summed E-state index contributed by atoms with van der Waals surface area (Å²) in [4.78, 5) is 20.7. The van der Waals surface area contributed by atoms with E-state index in [2.05, 4.69) is 59.4 Å². The van der Waals surface area contributed by atoms with Crippen molar-refractivity contribution in [1.29, 1.82) is 0 Å². The summed E-state index contributed by atoms with van der Waals surface area (Å²) < 4.78 is 10.4. The van der Waals surface area contributed by atoms with Gasteiger partial charge >= 0.3 is 0 Å². The van der Waals surface area contributed by atoms with Crippen LogP contribution in [0.5, 0.6) is 5.75 Å². The van der Waals surface area contributed by atoms with Crippen LogP contribution in [0.2, 0.25) is 0 Å². The van der Waals surface area contributed by atoms with E-state index in [1.165, 1.54) is 42.1 Å². The van der Waals surface area contributed by atoms with Crippen LogP contribution in [0.25, 0.3) is 39.5 Å². The van der Waals surface area contributed by atoms with E-state index in [1.807, 2.05) is 24.1 Å². The number of methoxy groups -OCH3 is 1. The molecular formula is C34H41N5O2. The summed E-state index contributed by atoms with van der Waals surface area (Å²) in [5, 5.41) is 1.24. The Balaban J connectivity index is 1.30. The molecule has 3 aliphatic rings. The Morgan fingerprint density at radius 2 is 1.98 bits per heavy atom. The molecule has 2 aliphatic carbocycles. The molecule has 3 fully saturated rings. The van der Waals surface area contributed by atoms with Gasteiger partial charge in [-0.25, -0.2) is 4.98 Å². The number of fused-ring (bicyclic) bond motifs is 2. The zero-order valence-electron chi connectivity index (χ0n) is 24.7. The molecule has 2 N–H and O–H groups in total. The summed E-state index contributed by atoms with van der Waals surface area (Å²) in [6, 6.07) is 13.0. The number of amides is 1. The van der Waals surface area contributed by atoms with Crippen molar-refractivity contribution in [3.63, 3.8) is 0 Å². The van der Waals surface area contributed by atoms with Crippen LogP contribution in [-0.2, 0) is 13.6 Å². The molecule has 1 aliphatic heterocycles. The Morgan fingerprint density at radius 3 is 2.63 bits per heavy atom. The number of rotatable bonds is 9. The van der Waals surface area contributed by atoms with Gasteiger partial charge in [-0.05, 0) is 86.8 Å². The van der Waals surface area contributed by atoms with Crippen LogP contribution in [0.3, 0.4) is 0 Å². The average Bonchev–Trinajstić information content (AvgIpc) is 3.92. The van der Waals surface area contributed by atoms with Crippen LogP contribution in [0.15, 0.2) is 42.5 Å². The first kappa shape index (κ1) is 26.3. The van der Waals surface area contributed by atoms with Crippen molar-refractivity contribution < 1.29 is 9.53 Å². The predicted octanol–water partition coefficient (Wildman–Crippen LogP) is 6.24. The minimum absolute atomic E-state index is 0.00450. The number of aromatic nitrogens is 3. The lowest BCUT2D eigenvalue weighted by atomic mass is 9.70. The van der Waals surface area contributed by atoms with E-state index in [4.69, 9.17) is 15.5 Å². The van der Waals surface area contributed by atoms with Crippen molar-refractivity contribution in [2.75, 3.05) is 20.2 Å². The van der Waals surface area contributed by atoms with Gasteiger partial charge in [0, 0.05) is 54.6 Å². The Labute approximate surface area is 242 Å². The largest absolute Gasteiger partial charge is 0.494 e. The molecule has 7 heteroatoms. The number of likely N-dealkylation sites (tertiary alicyclic amines) is 1. The van der Waals surface area contributed by atoms with E-state index in [9.17, 15) is 4.79 Å². The molecule has 2 saturated carbocycles. The van der Waals surface area contributed by atoms with Crippen LogP contribution in [0, 0.1) is 17.3 Å². The number of aryl methyl sites for hydroxylation is 1. The molecule has 214 valence electrons. The number of ether oxygens (including phenoxy) is 1. The molecule has 7 nitrogen and oxygen atoms in total. The fraction of sp³-hybridized carbons (Fsp3) is 0.471. The fourth-order valence-corrected chi connectivity index (χ4v) is 6.71. The minimum Gasteiger partial charge on any atom is -0.494 e. The fourth-order valence-electron chi connectivity index (χ4n) is 6.71. The van der Waals surface area contributed by atoms with Crippen molar-refractivity contribution in [2.45, 2.75) is 58.5 Å². The minimum atomic E-state index is 0.00450. The number of imidazole rings is 1. The number of hydrogen-bond donors (Lipinski definition) is 1. The number of nitrogens with zero attached hydrogens (tertiary/aromatic N) is 4. The Morgan fingerprint density at radius 1 is 1.17 bits per heavy atom. The molecule has 2 aromatic carbocycles. The van der Waals surface area contributed by atoms with Crippen LogP contribution in [0.1, 0.15) is 61.9 Å². The van der Waals surface area contributed by atoms with Crippen molar-refractivity contribution in [3.05, 3.63) is 53.6 Å². The summed E-state index contributed by atoms with van der Waals surface area (Å²) in [7, 11) is 3.71. The molecule has 41 heavy (non-hydrogen) atoms. The molecule has 1 amide bonds. The first-order valence-corrected chi connectivity index (χ1v) is 15.2. The molecule has 4 aromatic rings.